The Bertz CT molecular complexity index is 575. The van der Waals surface area contributed by atoms with Crippen LogP contribution in [0.3, 0.4) is 0 Å². The van der Waals surface area contributed by atoms with E-state index in [0.29, 0.717) is 0 Å². The van der Waals surface area contributed by atoms with E-state index in [2.05, 4.69) is 78.4 Å². The van der Waals surface area contributed by atoms with Gasteiger partial charge in [-0.25, -0.2) is 0 Å². The van der Waals surface area contributed by atoms with E-state index in [0.717, 1.165) is 17.4 Å². The highest BCUT2D eigenvalue weighted by Gasteiger charge is 2.04. The molecule has 0 saturated heterocycles. The van der Waals surface area contributed by atoms with Crippen LogP contribution in [0.15, 0.2) is 40.9 Å². The van der Waals surface area contributed by atoms with Crippen molar-refractivity contribution in [3.05, 3.63) is 63.1 Å². The van der Waals surface area contributed by atoms with Crippen molar-refractivity contribution >= 4 is 21.6 Å². The molecule has 2 aromatic rings. The third kappa shape index (κ3) is 3.38. The maximum atomic E-state index is 3.55. The lowest BCUT2D eigenvalue weighted by atomic mass is 10.0. The Morgan fingerprint density at radius 1 is 1.05 bits per heavy atom. The number of anilines is 1. The minimum Gasteiger partial charge on any atom is -0.381 e. The van der Waals surface area contributed by atoms with Gasteiger partial charge in [0.1, 0.15) is 0 Å². The Morgan fingerprint density at radius 2 is 1.84 bits per heavy atom. The molecular weight excluding hydrogens is 298 g/mol. The van der Waals surface area contributed by atoms with Gasteiger partial charge in [-0.15, -0.1) is 0 Å². The predicted octanol–water partition coefficient (Wildman–Crippen LogP) is 5.24. The quantitative estimate of drug-likeness (QED) is 0.813. The van der Waals surface area contributed by atoms with Gasteiger partial charge in [0.15, 0.2) is 0 Å². The van der Waals surface area contributed by atoms with E-state index >= 15 is 0 Å². The number of benzene rings is 2. The summed E-state index contributed by atoms with van der Waals surface area (Å²) in [5, 5.41) is 3.55. The molecule has 0 aliphatic carbocycles. The number of aryl methyl sites for hydroxylation is 2. The maximum absolute atomic E-state index is 3.55. The third-order valence-electron chi connectivity index (χ3n) is 3.63. The summed E-state index contributed by atoms with van der Waals surface area (Å²) in [6.07, 6.45) is 1.04. The fourth-order valence-electron chi connectivity index (χ4n) is 2.22. The molecule has 0 aliphatic rings. The lowest BCUT2D eigenvalue weighted by Gasteiger charge is -2.14. The first-order valence-electron chi connectivity index (χ1n) is 6.69. The van der Waals surface area contributed by atoms with E-state index in [1.54, 1.807) is 0 Å². The second kappa shape index (κ2) is 6.25. The fourth-order valence-corrected chi connectivity index (χ4v) is 2.63. The Hall–Kier alpha value is -1.28. The molecule has 19 heavy (non-hydrogen) atoms. The van der Waals surface area contributed by atoms with Crippen molar-refractivity contribution in [3.63, 3.8) is 0 Å². The molecule has 2 heteroatoms. The van der Waals surface area contributed by atoms with Crippen molar-refractivity contribution in [1.82, 2.24) is 0 Å². The highest BCUT2D eigenvalue weighted by molar-refractivity contribution is 9.10. The van der Waals surface area contributed by atoms with Gasteiger partial charge in [0.05, 0.1) is 0 Å². The minimum absolute atomic E-state index is 0.877. The molecule has 0 spiro atoms. The summed E-state index contributed by atoms with van der Waals surface area (Å²) in [6.45, 7) is 7.41. The lowest BCUT2D eigenvalue weighted by molar-refractivity contribution is 1.07. The first kappa shape index (κ1) is 14.1. The zero-order chi connectivity index (χ0) is 13.8. The topological polar surface area (TPSA) is 12.0 Å². The van der Waals surface area contributed by atoms with Gasteiger partial charge in [-0.3, -0.25) is 0 Å². The van der Waals surface area contributed by atoms with E-state index in [1.165, 1.54) is 27.9 Å². The van der Waals surface area contributed by atoms with Crippen LogP contribution in [0.4, 0.5) is 5.69 Å². The summed E-state index contributed by atoms with van der Waals surface area (Å²) in [4.78, 5) is 0. The zero-order valence-corrected chi connectivity index (χ0v) is 13.3. The molecule has 0 fully saturated rings. The van der Waals surface area contributed by atoms with Gasteiger partial charge < -0.3 is 5.32 Å². The van der Waals surface area contributed by atoms with Gasteiger partial charge in [-0.1, -0.05) is 41.1 Å². The molecule has 0 saturated carbocycles. The van der Waals surface area contributed by atoms with E-state index in [4.69, 9.17) is 0 Å². The molecule has 1 N–H and O–H groups in total. The molecule has 2 aromatic carbocycles. The molecule has 0 bridgehead atoms. The third-order valence-corrected chi connectivity index (χ3v) is 4.13. The molecule has 0 aromatic heterocycles. The SMILES string of the molecule is CCc1cc(Br)ccc1NCc1cccc(C)c1C. The summed E-state index contributed by atoms with van der Waals surface area (Å²) < 4.78 is 1.14. The molecule has 1 nitrogen and oxygen atoms in total. The van der Waals surface area contributed by atoms with Gasteiger partial charge >= 0.3 is 0 Å². The molecule has 2 rings (SSSR count). The van der Waals surface area contributed by atoms with Crippen LogP contribution in [0.2, 0.25) is 0 Å². The number of halogens is 1. The van der Waals surface area contributed by atoms with Crippen molar-refractivity contribution in [1.29, 1.82) is 0 Å². The molecular formula is C17H20BrN. The average Bonchev–Trinajstić information content (AvgIpc) is 2.41. The van der Waals surface area contributed by atoms with Gasteiger partial charge in [0.25, 0.3) is 0 Å². The highest BCUT2D eigenvalue weighted by Crippen LogP contribution is 2.23. The first-order chi connectivity index (χ1) is 9.11. The molecule has 0 heterocycles. The van der Waals surface area contributed by atoms with Crippen LogP contribution in [0, 0.1) is 13.8 Å². The predicted molar refractivity (Wildman–Crippen MR) is 86.8 cm³/mol. The molecule has 100 valence electrons. The van der Waals surface area contributed by atoms with Gasteiger partial charge in [0.2, 0.25) is 0 Å². The van der Waals surface area contributed by atoms with E-state index < -0.39 is 0 Å². The normalized spacial score (nSPS) is 10.5. The standard InChI is InChI=1S/C17H20BrN/c1-4-14-10-16(18)8-9-17(14)19-11-15-7-5-6-12(2)13(15)3/h5-10,19H,4,11H2,1-3H3. The Labute approximate surface area is 124 Å². The second-order valence-corrected chi connectivity index (χ2v) is 5.78. The van der Waals surface area contributed by atoms with Gasteiger partial charge in [-0.2, -0.15) is 0 Å². The van der Waals surface area contributed by atoms with E-state index in [9.17, 15) is 0 Å². The van der Waals surface area contributed by atoms with Gasteiger partial charge in [-0.05, 0) is 60.7 Å². The summed E-state index contributed by atoms with van der Waals surface area (Å²) in [7, 11) is 0. The van der Waals surface area contributed by atoms with Crippen molar-refractivity contribution in [2.45, 2.75) is 33.7 Å². The zero-order valence-electron chi connectivity index (χ0n) is 11.8. The Morgan fingerprint density at radius 3 is 2.58 bits per heavy atom. The summed E-state index contributed by atoms with van der Waals surface area (Å²) in [6, 6.07) is 12.9. The van der Waals surface area contributed by atoms with Crippen molar-refractivity contribution < 1.29 is 0 Å². The van der Waals surface area contributed by atoms with Crippen LogP contribution in [-0.2, 0) is 13.0 Å². The molecule has 0 aliphatic heterocycles. The van der Waals surface area contributed by atoms with Crippen LogP contribution in [0.25, 0.3) is 0 Å². The monoisotopic (exact) mass is 317 g/mol. The van der Waals surface area contributed by atoms with Crippen molar-refractivity contribution in [2.75, 3.05) is 5.32 Å². The van der Waals surface area contributed by atoms with Crippen LogP contribution in [0.1, 0.15) is 29.2 Å². The molecule has 0 amide bonds. The average molecular weight is 318 g/mol. The summed E-state index contributed by atoms with van der Waals surface area (Å²) in [5.41, 5.74) is 6.67. The summed E-state index contributed by atoms with van der Waals surface area (Å²) in [5.74, 6) is 0. The van der Waals surface area contributed by atoms with Crippen LogP contribution < -0.4 is 5.32 Å². The molecule has 0 unspecified atom stereocenters. The van der Waals surface area contributed by atoms with Crippen molar-refractivity contribution in [3.8, 4) is 0 Å². The number of hydrogen-bond donors (Lipinski definition) is 1. The smallest absolute Gasteiger partial charge is 0.0403 e. The fraction of sp³-hybridized carbons (Fsp3) is 0.294. The largest absolute Gasteiger partial charge is 0.381 e. The minimum atomic E-state index is 0.877. The Kier molecular flexibility index (Phi) is 4.65. The maximum Gasteiger partial charge on any atom is 0.0403 e. The second-order valence-electron chi connectivity index (χ2n) is 4.87. The molecule has 0 atom stereocenters. The number of nitrogens with one attached hydrogen (secondary N) is 1. The Balaban J connectivity index is 2.17. The van der Waals surface area contributed by atoms with E-state index in [-0.39, 0.29) is 0 Å². The van der Waals surface area contributed by atoms with Crippen LogP contribution in [0.5, 0.6) is 0 Å². The first-order valence-corrected chi connectivity index (χ1v) is 7.48. The summed E-state index contributed by atoms with van der Waals surface area (Å²) >= 11 is 3.53. The van der Waals surface area contributed by atoms with Crippen molar-refractivity contribution in [2.24, 2.45) is 0 Å². The molecule has 0 radical (unpaired) electrons. The van der Waals surface area contributed by atoms with Crippen LogP contribution in [-0.4, -0.2) is 0 Å². The lowest BCUT2D eigenvalue weighted by Crippen LogP contribution is -2.04. The van der Waals surface area contributed by atoms with Crippen LogP contribution >= 0.6 is 15.9 Å². The number of rotatable bonds is 4. The van der Waals surface area contributed by atoms with Gasteiger partial charge in [0, 0.05) is 16.7 Å². The highest BCUT2D eigenvalue weighted by atomic mass is 79.9. The van der Waals surface area contributed by atoms with E-state index in [1.807, 2.05) is 0 Å². The number of hydrogen-bond acceptors (Lipinski definition) is 1.